The molecule has 2 aromatic rings. The summed E-state index contributed by atoms with van der Waals surface area (Å²) in [5, 5.41) is 3.38. The number of carbonyl (C=O) groups is 1. The number of hydrogen-bond donors (Lipinski definition) is 1. The molecule has 3 rings (SSSR count). The van der Waals surface area contributed by atoms with Crippen molar-refractivity contribution in [3.05, 3.63) is 57.6 Å². The van der Waals surface area contributed by atoms with Crippen LogP contribution in [0, 0.1) is 0 Å². The number of aromatic nitrogens is 2. The molecular weight excluding hydrogens is 432 g/mol. The number of nitrogens with zero attached hydrogens (tertiary/aromatic N) is 3. The van der Waals surface area contributed by atoms with Gasteiger partial charge < -0.3 is 10.1 Å². The Hall–Kier alpha value is -1.94. The molecule has 6 nitrogen and oxygen atoms in total. The Balaban J connectivity index is 1.77. The number of morpholine rings is 1. The highest BCUT2D eigenvalue weighted by Gasteiger charge is 2.35. The van der Waals surface area contributed by atoms with Gasteiger partial charge in [0.2, 0.25) is 5.82 Å². The molecule has 11 heteroatoms. The van der Waals surface area contributed by atoms with Crippen LogP contribution in [0.15, 0.2) is 30.6 Å². The van der Waals surface area contributed by atoms with E-state index >= 15 is 0 Å². The molecule has 1 atom stereocenters. The summed E-state index contributed by atoms with van der Waals surface area (Å²) in [4.78, 5) is 21.4. The highest BCUT2D eigenvalue weighted by Crippen LogP contribution is 2.27. The molecule has 2 heterocycles. The van der Waals surface area contributed by atoms with Crippen LogP contribution in [0.2, 0.25) is 10.0 Å². The predicted octanol–water partition coefficient (Wildman–Crippen LogP) is 3.61. The molecule has 1 unspecified atom stereocenters. The molecule has 0 spiro atoms. The maximum Gasteiger partial charge on any atom is 0.451 e. The van der Waals surface area contributed by atoms with E-state index in [4.69, 9.17) is 27.9 Å². The van der Waals surface area contributed by atoms with Crippen LogP contribution in [0.25, 0.3) is 0 Å². The van der Waals surface area contributed by atoms with E-state index in [1.807, 2.05) is 4.90 Å². The van der Waals surface area contributed by atoms with Crippen LogP contribution < -0.4 is 5.32 Å². The number of rotatable bonds is 5. The van der Waals surface area contributed by atoms with Gasteiger partial charge in [0.1, 0.15) is 0 Å². The molecule has 1 aromatic heterocycles. The van der Waals surface area contributed by atoms with Crippen molar-refractivity contribution in [3.8, 4) is 0 Å². The fraction of sp³-hybridized carbons (Fsp3) is 0.389. The number of nitrogens with one attached hydrogen (secondary N) is 1. The van der Waals surface area contributed by atoms with Crippen LogP contribution in [0.3, 0.4) is 0 Å². The zero-order valence-electron chi connectivity index (χ0n) is 15.0. The van der Waals surface area contributed by atoms with Crippen molar-refractivity contribution in [2.45, 2.75) is 12.2 Å². The maximum atomic E-state index is 12.8. The number of ether oxygens (including phenoxy) is 1. The zero-order chi connectivity index (χ0) is 21.0. The van der Waals surface area contributed by atoms with E-state index in [1.165, 1.54) is 12.1 Å². The topological polar surface area (TPSA) is 67.4 Å². The molecule has 1 N–H and O–H groups in total. The SMILES string of the molecule is O=C(NCC(c1cnc(C(F)(F)F)nc1)N1CCOCC1)c1ccc(Cl)cc1Cl. The van der Waals surface area contributed by atoms with Gasteiger partial charge in [-0.1, -0.05) is 23.2 Å². The lowest BCUT2D eigenvalue weighted by Crippen LogP contribution is -2.44. The third-order valence-corrected chi connectivity index (χ3v) is 4.98. The van der Waals surface area contributed by atoms with Crippen molar-refractivity contribution in [1.29, 1.82) is 0 Å². The van der Waals surface area contributed by atoms with Crippen molar-refractivity contribution in [2.75, 3.05) is 32.8 Å². The Labute approximate surface area is 175 Å². The Kier molecular flexibility index (Phi) is 6.94. The fourth-order valence-corrected chi connectivity index (χ4v) is 3.46. The van der Waals surface area contributed by atoms with Gasteiger partial charge in [-0.05, 0) is 18.2 Å². The highest BCUT2D eigenvalue weighted by molar-refractivity contribution is 6.36. The Bertz CT molecular complexity index is 859. The standard InChI is InChI=1S/C18H17Cl2F3N4O2/c19-12-1-2-13(14(20)7-12)16(28)24-10-15(27-3-5-29-6-4-27)11-8-25-17(26-9-11)18(21,22)23/h1-2,7-9,15H,3-6,10H2,(H,24,28). The Morgan fingerprint density at radius 1 is 1.21 bits per heavy atom. The number of halogens is 5. The first-order valence-corrected chi connectivity index (χ1v) is 9.45. The first-order valence-electron chi connectivity index (χ1n) is 8.70. The smallest absolute Gasteiger partial charge is 0.379 e. The fourth-order valence-electron chi connectivity index (χ4n) is 2.96. The van der Waals surface area contributed by atoms with Crippen LogP contribution in [-0.4, -0.2) is 53.6 Å². The van der Waals surface area contributed by atoms with E-state index < -0.39 is 23.9 Å². The highest BCUT2D eigenvalue weighted by atomic mass is 35.5. The van der Waals surface area contributed by atoms with Crippen molar-refractivity contribution in [1.82, 2.24) is 20.2 Å². The second-order valence-corrected chi connectivity index (χ2v) is 7.18. The molecule has 0 saturated carbocycles. The van der Waals surface area contributed by atoms with Crippen molar-refractivity contribution < 1.29 is 22.7 Å². The van der Waals surface area contributed by atoms with Crippen LogP contribution in [-0.2, 0) is 10.9 Å². The van der Waals surface area contributed by atoms with Gasteiger partial charge in [0, 0.05) is 42.6 Å². The third-order valence-electron chi connectivity index (χ3n) is 4.43. The lowest BCUT2D eigenvalue weighted by molar-refractivity contribution is -0.145. The molecule has 1 saturated heterocycles. The average molecular weight is 449 g/mol. The molecule has 1 aliphatic rings. The van der Waals surface area contributed by atoms with Crippen molar-refractivity contribution in [2.24, 2.45) is 0 Å². The second kappa shape index (κ2) is 9.25. The normalized spacial score (nSPS) is 16.4. The number of amides is 1. The summed E-state index contributed by atoms with van der Waals surface area (Å²) in [7, 11) is 0. The number of benzene rings is 1. The Morgan fingerprint density at radius 3 is 2.45 bits per heavy atom. The molecule has 1 fully saturated rings. The quantitative estimate of drug-likeness (QED) is 0.756. The first kappa shape index (κ1) is 21.8. The summed E-state index contributed by atoms with van der Waals surface area (Å²) in [6.45, 7) is 2.21. The van der Waals surface area contributed by atoms with Crippen LogP contribution in [0.4, 0.5) is 13.2 Å². The molecule has 29 heavy (non-hydrogen) atoms. The van der Waals surface area contributed by atoms with Gasteiger partial charge in [-0.25, -0.2) is 9.97 Å². The van der Waals surface area contributed by atoms with E-state index in [9.17, 15) is 18.0 Å². The minimum absolute atomic E-state index is 0.131. The van der Waals surface area contributed by atoms with E-state index in [0.717, 1.165) is 12.4 Å². The van der Waals surface area contributed by atoms with Gasteiger partial charge in [-0.2, -0.15) is 13.2 Å². The second-order valence-electron chi connectivity index (χ2n) is 6.34. The third kappa shape index (κ3) is 5.57. The van der Waals surface area contributed by atoms with Crippen LogP contribution in [0.5, 0.6) is 0 Å². The van der Waals surface area contributed by atoms with Crippen LogP contribution in [0.1, 0.15) is 27.8 Å². The monoisotopic (exact) mass is 448 g/mol. The lowest BCUT2D eigenvalue weighted by Gasteiger charge is -2.34. The molecule has 1 aromatic carbocycles. The molecule has 0 bridgehead atoms. The summed E-state index contributed by atoms with van der Waals surface area (Å²) in [5.41, 5.74) is 0.711. The first-order chi connectivity index (χ1) is 13.8. The minimum atomic E-state index is -4.62. The molecule has 0 aliphatic carbocycles. The lowest BCUT2D eigenvalue weighted by atomic mass is 10.1. The summed E-state index contributed by atoms with van der Waals surface area (Å²) in [5.74, 6) is -1.63. The van der Waals surface area contributed by atoms with E-state index in [0.29, 0.717) is 36.9 Å². The number of alkyl halides is 3. The van der Waals surface area contributed by atoms with Gasteiger partial charge >= 0.3 is 6.18 Å². The van der Waals surface area contributed by atoms with E-state index in [-0.39, 0.29) is 17.1 Å². The van der Waals surface area contributed by atoms with Gasteiger partial charge in [0.05, 0.1) is 29.8 Å². The Morgan fingerprint density at radius 2 is 1.86 bits per heavy atom. The van der Waals surface area contributed by atoms with E-state index in [2.05, 4.69) is 15.3 Å². The van der Waals surface area contributed by atoms with E-state index in [1.54, 1.807) is 6.07 Å². The minimum Gasteiger partial charge on any atom is -0.379 e. The number of carbonyl (C=O) groups excluding carboxylic acids is 1. The van der Waals surface area contributed by atoms with Crippen molar-refractivity contribution in [3.63, 3.8) is 0 Å². The molecule has 0 radical (unpaired) electrons. The zero-order valence-corrected chi connectivity index (χ0v) is 16.6. The average Bonchev–Trinajstić information content (AvgIpc) is 2.68. The summed E-state index contributed by atoms with van der Waals surface area (Å²) >= 11 is 11.9. The largest absolute Gasteiger partial charge is 0.451 e. The number of hydrogen-bond acceptors (Lipinski definition) is 5. The van der Waals surface area contributed by atoms with Gasteiger partial charge in [0.15, 0.2) is 0 Å². The predicted molar refractivity (Wildman–Crippen MR) is 101 cm³/mol. The summed E-state index contributed by atoms with van der Waals surface area (Å²) in [6, 6.07) is 4.09. The van der Waals surface area contributed by atoms with Gasteiger partial charge in [0.25, 0.3) is 5.91 Å². The molecule has 1 amide bonds. The molecule has 1 aliphatic heterocycles. The summed E-state index contributed by atoms with van der Waals surface area (Å²) < 4.78 is 43.6. The van der Waals surface area contributed by atoms with Gasteiger partial charge in [-0.3, -0.25) is 9.69 Å². The summed E-state index contributed by atoms with van der Waals surface area (Å²) in [6.07, 6.45) is -2.35. The van der Waals surface area contributed by atoms with Gasteiger partial charge in [-0.15, -0.1) is 0 Å². The van der Waals surface area contributed by atoms with Crippen molar-refractivity contribution >= 4 is 29.1 Å². The maximum absolute atomic E-state index is 12.8. The molecular formula is C18H17Cl2F3N4O2. The molecule has 156 valence electrons. The van der Waals surface area contributed by atoms with Crippen LogP contribution >= 0.6 is 23.2 Å².